The van der Waals surface area contributed by atoms with Crippen molar-refractivity contribution >= 4 is 11.9 Å². The van der Waals surface area contributed by atoms with E-state index < -0.39 is 11.9 Å². The number of hydrogen-bond acceptors (Lipinski definition) is 4. The second kappa shape index (κ2) is 39.6. The maximum atomic E-state index is 10.2. The zero-order valence-electron chi connectivity index (χ0n) is 26.1. The van der Waals surface area contributed by atoms with Gasteiger partial charge in [-0.15, -0.1) is 0 Å². The summed E-state index contributed by atoms with van der Waals surface area (Å²) in [5, 5.41) is 20.4. The van der Waals surface area contributed by atoms with Gasteiger partial charge in [0.2, 0.25) is 0 Å². The number of carbonyl (C=O) groups is 2. The Morgan fingerprint density at radius 1 is 0.333 bits per heavy atom. The summed E-state index contributed by atoms with van der Waals surface area (Å²) in [5.74, 6) is -1.81. The number of carboxylic acids is 2. The second-order valence-electron chi connectivity index (χ2n) is 11.4. The minimum atomic E-state index is -0.904. The molecule has 0 amide bonds. The summed E-state index contributed by atoms with van der Waals surface area (Å²) in [6.45, 7) is 4.52. The van der Waals surface area contributed by atoms with Crippen molar-refractivity contribution in [3.05, 3.63) is 0 Å². The van der Waals surface area contributed by atoms with Gasteiger partial charge in [0.15, 0.2) is 0 Å². The largest absolute Gasteiger partial charge is 2.00 e. The van der Waals surface area contributed by atoms with E-state index in [0.29, 0.717) is 0 Å². The molecule has 39 heavy (non-hydrogen) atoms. The summed E-state index contributed by atoms with van der Waals surface area (Å²) in [6, 6.07) is 0. The molecule has 0 atom stereocenters. The van der Waals surface area contributed by atoms with Gasteiger partial charge in [-0.2, -0.15) is 0 Å². The zero-order chi connectivity index (χ0) is 28.4. The summed E-state index contributed by atoms with van der Waals surface area (Å²) < 4.78 is 0. The maximum Gasteiger partial charge on any atom is 2.00 e. The van der Waals surface area contributed by atoms with E-state index in [9.17, 15) is 19.8 Å². The van der Waals surface area contributed by atoms with Crippen LogP contribution in [0, 0.1) is 0 Å². The van der Waals surface area contributed by atoms with Crippen LogP contribution in [-0.2, 0) is 26.7 Å². The molecule has 237 valence electrons. The van der Waals surface area contributed by atoms with E-state index in [1.165, 1.54) is 154 Å². The molecule has 0 aliphatic rings. The molecule has 0 bridgehead atoms. The molecular formula is C34H66CuO4. The average Bonchev–Trinajstić information content (AvgIpc) is 2.89. The van der Waals surface area contributed by atoms with E-state index in [4.69, 9.17) is 0 Å². The Kier molecular flexibility index (Phi) is 43.6. The molecule has 0 spiro atoms. The first-order valence-electron chi connectivity index (χ1n) is 16.9. The van der Waals surface area contributed by atoms with Crippen molar-refractivity contribution in [2.75, 3.05) is 0 Å². The molecule has 0 saturated carbocycles. The van der Waals surface area contributed by atoms with Crippen molar-refractivity contribution in [2.24, 2.45) is 0 Å². The van der Waals surface area contributed by atoms with Gasteiger partial charge in [0.05, 0.1) is 0 Å². The monoisotopic (exact) mass is 601 g/mol. The molecule has 0 saturated heterocycles. The molecule has 0 aliphatic carbocycles. The van der Waals surface area contributed by atoms with Gasteiger partial charge >= 0.3 is 17.1 Å². The average molecular weight is 602 g/mol. The fourth-order valence-corrected chi connectivity index (χ4v) is 4.93. The first kappa shape index (κ1) is 42.9. The minimum Gasteiger partial charge on any atom is -0.550 e. The first-order chi connectivity index (χ1) is 18.5. The molecule has 0 N–H and O–H groups in total. The number of aliphatic carboxylic acids is 2. The Hall–Kier alpha value is -0.541. The van der Waals surface area contributed by atoms with Gasteiger partial charge in [-0.25, -0.2) is 0 Å². The minimum absolute atomic E-state index is 0. The molecule has 0 aromatic rings. The van der Waals surface area contributed by atoms with Crippen molar-refractivity contribution in [3.8, 4) is 0 Å². The maximum absolute atomic E-state index is 10.2. The van der Waals surface area contributed by atoms with Gasteiger partial charge in [-0.05, 0) is 25.7 Å². The normalized spacial score (nSPS) is 10.5. The fraction of sp³-hybridized carbons (Fsp3) is 0.941. The Morgan fingerprint density at radius 3 is 0.641 bits per heavy atom. The quantitative estimate of drug-likeness (QED) is 0.0607. The van der Waals surface area contributed by atoms with Crippen molar-refractivity contribution < 1.29 is 36.9 Å². The van der Waals surface area contributed by atoms with Gasteiger partial charge in [0, 0.05) is 11.9 Å². The van der Waals surface area contributed by atoms with Crippen LogP contribution < -0.4 is 10.2 Å². The van der Waals surface area contributed by atoms with E-state index in [0.717, 1.165) is 25.7 Å². The van der Waals surface area contributed by atoms with Crippen LogP contribution in [0.4, 0.5) is 0 Å². The molecule has 0 heterocycles. The topological polar surface area (TPSA) is 80.3 Å². The van der Waals surface area contributed by atoms with E-state index in [-0.39, 0.29) is 29.9 Å². The Bertz CT molecular complexity index is 428. The molecule has 0 unspecified atom stereocenters. The van der Waals surface area contributed by atoms with E-state index in [1.807, 2.05) is 0 Å². The molecule has 4 nitrogen and oxygen atoms in total. The number of hydrogen-bond donors (Lipinski definition) is 0. The van der Waals surface area contributed by atoms with Crippen LogP contribution in [0.3, 0.4) is 0 Å². The van der Waals surface area contributed by atoms with Crippen LogP contribution in [0.15, 0.2) is 0 Å². The van der Waals surface area contributed by atoms with Crippen LogP contribution in [0.1, 0.15) is 206 Å². The Labute approximate surface area is 254 Å². The van der Waals surface area contributed by atoms with Crippen molar-refractivity contribution in [1.29, 1.82) is 0 Å². The molecule has 0 rings (SSSR count). The molecule has 5 heteroatoms. The Morgan fingerprint density at radius 2 is 0.487 bits per heavy atom. The van der Waals surface area contributed by atoms with Crippen LogP contribution in [-0.4, -0.2) is 11.9 Å². The molecule has 0 aromatic heterocycles. The number of carbonyl (C=O) groups excluding carboxylic acids is 2. The molecule has 0 aliphatic heterocycles. The summed E-state index contributed by atoms with van der Waals surface area (Å²) in [7, 11) is 0. The molecular weight excluding hydrogens is 536 g/mol. The third kappa shape index (κ3) is 47.6. The number of carboxylic acid groups (broad SMARTS) is 2. The molecule has 0 fully saturated rings. The van der Waals surface area contributed by atoms with Crippen molar-refractivity contribution in [3.63, 3.8) is 0 Å². The number of unbranched alkanes of at least 4 members (excludes halogenated alkanes) is 26. The third-order valence-electron chi connectivity index (χ3n) is 7.47. The third-order valence-corrected chi connectivity index (χ3v) is 7.47. The van der Waals surface area contributed by atoms with E-state index in [1.54, 1.807) is 0 Å². The predicted molar refractivity (Wildman–Crippen MR) is 160 cm³/mol. The summed E-state index contributed by atoms with van der Waals surface area (Å²) in [6.07, 6.45) is 36.8. The molecule has 1 radical (unpaired) electrons. The van der Waals surface area contributed by atoms with Gasteiger partial charge in [-0.3, -0.25) is 0 Å². The SMILES string of the molecule is CCCCCCCCCCCCCCCCC(=O)[O-].CCCCCCCCCCCCCCCCC(=O)[O-].[Cu+2]. The van der Waals surface area contributed by atoms with Gasteiger partial charge in [0.1, 0.15) is 0 Å². The summed E-state index contributed by atoms with van der Waals surface area (Å²) in [5.41, 5.74) is 0. The van der Waals surface area contributed by atoms with Crippen LogP contribution in [0.5, 0.6) is 0 Å². The molecule has 0 aromatic carbocycles. The van der Waals surface area contributed by atoms with Gasteiger partial charge < -0.3 is 19.8 Å². The standard InChI is InChI=1S/2C17H34O2.Cu/c2*1-2-3-4-5-6-7-8-9-10-11-12-13-14-15-16-17(18)19;/h2*2-16H2,1H3,(H,18,19);/q;;+2/p-2. The smallest absolute Gasteiger partial charge is 0.550 e. The van der Waals surface area contributed by atoms with Gasteiger partial charge in [0.25, 0.3) is 0 Å². The van der Waals surface area contributed by atoms with Crippen LogP contribution in [0.2, 0.25) is 0 Å². The fourth-order valence-electron chi connectivity index (χ4n) is 4.93. The van der Waals surface area contributed by atoms with Gasteiger partial charge in [-0.1, -0.05) is 181 Å². The van der Waals surface area contributed by atoms with Crippen LogP contribution in [0.25, 0.3) is 0 Å². The van der Waals surface area contributed by atoms with Crippen molar-refractivity contribution in [1.82, 2.24) is 0 Å². The van der Waals surface area contributed by atoms with Crippen molar-refractivity contribution in [2.45, 2.75) is 206 Å². The van der Waals surface area contributed by atoms with E-state index >= 15 is 0 Å². The zero-order valence-corrected chi connectivity index (χ0v) is 27.1. The Balaban J connectivity index is -0.000000648. The van der Waals surface area contributed by atoms with Crippen LogP contribution >= 0.6 is 0 Å². The number of rotatable bonds is 30. The van der Waals surface area contributed by atoms with E-state index in [2.05, 4.69) is 13.8 Å². The summed E-state index contributed by atoms with van der Waals surface area (Å²) >= 11 is 0. The summed E-state index contributed by atoms with van der Waals surface area (Å²) in [4.78, 5) is 20.4. The first-order valence-corrected chi connectivity index (χ1v) is 16.9. The second-order valence-corrected chi connectivity index (χ2v) is 11.4. The predicted octanol–water partition coefficient (Wildman–Crippen LogP) is 9.21.